The number of rotatable bonds is 2. The molecule has 96 valence electrons. The molecule has 1 amide bonds. The van der Waals surface area contributed by atoms with E-state index in [1.165, 1.54) is 6.07 Å². The second kappa shape index (κ2) is 3.94. The molecule has 0 spiro atoms. The highest BCUT2D eigenvalue weighted by molar-refractivity contribution is 6.01. The van der Waals surface area contributed by atoms with E-state index in [0.717, 1.165) is 16.8 Å². The first-order valence-corrected chi connectivity index (χ1v) is 5.75. The highest BCUT2D eigenvalue weighted by atomic mass is 16.4. The van der Waals surface area contributed by atoms with Gasteiger partial charge in [0.05, 0.1) is 12.1 Å². The molecular formula is C13H11N3O3. The Hall–Kier alpha value is -2.63. The molecule has 3 rings (SSSR count). The lowest BCUT2D eigenvalue weighted by molar-refractivity contribution is -0.117. The number of aromatic nitrogens is 2. The highest BCUT2D eigenvalue weighted by Crippen LogP contribution is 2.31. The maximum Gasteiger partial charge on any atom is 0.353 e. The number of nitrogens with zero attached hydrogens (tertiary/aromatic N) is 2. The summed E-state index contributed by atoms with van der Waals surface area (Å²) in [6, 6.07) is 7.04. The number of carbonyl (C=O) groups excluding carboxylic acids is 1. The van der Waals surface area contributed by atoms with Crippen molar-refractivity contribution in [2.45, 2.75) is 6.42 Å². The lowest BCUT2D eigenvalue weighted by atomic mass is 10.1. The van der Waals surface area contributed by atoms with Gasteiger partial charge in [0, 0.05) is 18.3 Å². The quantitative estimate of drug-likeness (QED) is 0.848. The number of fused-ring (bicyclic) bond motifs is 1. The van der Waals surface area contributed by atoms with Gasteiger partial charge in [-0.15, -0.1) is 0 Å². The van der Waals surface area contributed by atoms with E-state index in [9.17, 15) is 9.59 Å². The van der Waals surface area contributed by atoms with Crippen molar-refractivity contribution >= 4 is 17.6 Å². The van der Waals surface area contributed by atoms with Gasteiger partial charge in [-0.2, -0.15) is 5.10 Å². The number of carboxylic acid groups (broad SMARTS) is 1. The molecule has 2 aromatic rings. The second-order valence-electron chi connectivity index (χ2n) is 4.45. The number of amides is 1. The number of anilines is 1. The summed E-state index contributed by atoms with van der Waals surface area (Å²) in [7, 11) is 1.73. The first kappa shape index (κ1) is 11.5. The van der Waals surface area contributed by atoms with Gasteiger partial charge in [-0.25, -0.2) is 4.79 Å². The van der Waals surface area contributed by atoms with Crippen LogP contribution in [0.5, 0.6) is 0 Å². The maximum atomic E-state index is 11.6. The molecule has 6 heteroatoms. The minimum absolute atomic E-state index is 0.0416. The Labute approximate surface area is 108 Å². The zero-order chi connectivity index (χ0) is 13.6. The summed E-state index contributed by atoms with van der Waals surface area (Å²) in [5.41, 5.74) is 3.20. The minimum Gasteiger partial charge on any atom is -0.477 e. The molecule has 0 radical (unpaired) electrons. The third-order valence-electron chi connectivity index (χ3n) is 3.27. The summed E-state index contributed by atoms with van der Waals surface area (Å²) in [4.78, 5) is 24.0. The smallest absolute Gasteiger partial charge is 0.353 e. The van der Waals surface area contributed by atoms with Crippen molar-refractivity contribution in [3.05, 3.63) is 35.5 Å². The topological polar surface area (TPSA) is 86.3 Å². The van der Waals surface area contributed by atoms with Crippen LogP contribution in [0.3, 0.4) is 0 Å². The van der Waals surface area contributed by atoms with E-state index in [2.05, 4.69) is 10.2 Å². The fraction of sp³-hybridized carbons (Fsp3) is 0.154. The van der Waals surface area contributed by atoms with Gasteiger partial charge < -0.3 is 10.0 Å². The SMILES string of the molecule is CN1C(=O)Cc2ccc(-c3cc(C(=O)O)[nH]n3)cc21. The number of aromatic amines is 1. The molecule has 1 aliphatic heterocycles. The number of nitrogens with one attached hydrogen (secondary N) is 1. The summed E-state index contributed by atoms with van der Waals surface area (Å²) >= 11 is 0. The molecule has 1 aliphatic rings. The van der Waals surface area contributed by atoms with Crippen molar-refractivity contribution < 1.29 is 14.7 Å². The van der Waals surface area contributed by atoms with Crippen LogP contribution in [0.15, 0.2) is 24.3 Å². The third kappa shape index (κ3) is 1.77. The molecule has 0 atom stereocenters. The normalized spacial score (nSPS) is 13.7. The molecule has 2 heterocycles. The van der Waals surface area contributed by atoms with E-state index in [1.54, 1.807) is 11.9 Å². The van der Waals surface area contributed by atoms with Gasteiger partial charge in [-0.05, 0) is 17.7 Å². The predicted molar refractivity (Wildman–Crippen MR) is 68.1 cm³/mol. The molecule has 1 aromatic heterocycles. The van der Waals surface area contributed by atoms with Crippen molar-refractivity contribution in [1.82, 2.24) is 10.2 Å². The van der Waals surface area contributed by atoms with E-state index in [-0.39, 0.29) is 11.6 Å². The van der Waals surface area contributed by atoms with Gasteiger partial charge in [-0.1, -0.05) is 12.1 Å². The number of carboxylic acids is 1. The predicted octanol–water partition coefficient (Wildman–Crippen LogP) is 1.29. The Morgan fingerprint density at radius 2 is 2.21 bits per heavy atom. The summed E-state index contributed by atoms with van der Waals surface area (Å²) in [6.45, 7) is 0. The number of carbonyl (C=O) groups is 2. The average molecular weight is 257 g/mol. The van der Waals surface area contributed by atoms with Gasteiger partial charge in [-0.3, -0.25) is 9.89 Å². The van der Waals surface area contributed by atoms with Crippen LogP contribution >= 0.6 is 0 Å². The van der Waals surface area contributed by atoms with Crippen LogP contribution in [0.1, 0.15) is 16.1 Å². The molecule has 0 saturated carbocycles. The zero-order valence-electron chi connectivity index (χ0n) is 10.2. The molecule has 6 nitrogen and oxygen atoms in total. The molecule has 1 aromatic carbocycles. The standard InChI is InChI=1S/C13H11N3O3/c1-16-11-4-7(2-3-8(11)5-12(16)17)9-6-10(13(18)19)15-14-9/h2-4,6H,5H2,1H3,(H,14,15)(H,18,19). The maximum absolute atomic E-state index is 11.6. The van der Waals surface area contributed by atoms with Crippen LogP contribution < -0.4 is 4.90 Å². The fourth-order valence-corrected chi connectivity index (χ4v) is 2.18. The monoisotopic (exact) mass is 257 g/mol. The fourth-order valence-electron chi connectivity index (χ4n) is 2.18. The Kier molecular flexibility index (Phi) is 2.38. The number of likely N-dealkylation sites (N-methyl/N-ethyl adjacent to an activating group) is 1. The van der Waals surface area contributed by atoms with Crippen molar-refractivity contribution in [2.75, 3.05) is 11.9 Å². The number of benzene rings is 1. The van der Waals surface area contributed by atoms with Crippen LogP contribution in [0.4, 0.5) is 5.69 Å². The number of hydrogen-bond acceptors (Lipinski definition) is 3. The lowest BCUT2D eigenvalue weighted by Crippen LogP contribution is -2.20. The van der Waals surface area contributed by atoms with Crippen LogP contribution in [-0.2, 0) is 11.2 Å². The molecule has 2 N–H and O–H groups in total. The number of H-pyrrole nitrogens is 1. The Morgan fingerprint density at radius 3 is 2.89 bits per heavy atom. The van der Waals surface area contributed by atoms with Crippen LogP contribution in [-0.4, -0.2) is 34.2 Å². The third-order valence-corrected chi connectivity index (χ3v) is 3.27. The van der Waals surface area contributed by atoms with E-state index in [0.29, 0.717) is 12.1 Å². The van der Waals surface area contributed by atoms with Crippen molar-refractivity contribution in [3.63, 3.8) is 0 Å². The van der Waals surface area contributed by atoms with E-state index in [1.807, 2.05) is 18.2 Å². The zero-order valence-corrected chi connectivity index (χ0v) is 10.2. The first-order valence-electron chi connectivity index (χ1n) is 5.75. The summed E-state index contributed by atoms with van der Waals surface area (Å²) in [5, 5.41) is 15.3. The Morgan fingerprint density at radius 1 is 1.42 bits per heavy atom. The summed E-state index contributed by atoms with van der Waals surface area (Å²) < 4.78 is 0. The summed E-state index contributed by atoms with van der Waals surface area (Å²) in [5.74, 6) is -0.993. The molecule has 0 aliphatic carbocycles. The number of hydrogen-bond donors (Lipinski definition) is 2. The van der Waals surface area contributed by atoms with Crippen LogP contribution in [0, 0.1) is 0 Å². The van der Waals surface area contributed by atoms with Crippen molar-refractivity contribution in [3.8, 4) is 11.3 Å². The second-order valence-corrected chi connectivity index (χ2v) is 4.45. The molecule has 0 fully saturated rings. The van der Waals surface area contributed by atoms with Crippen LogP contribution in [0.2, 0.25) is 0 Å². The molecule has 19 heavy (non-hydrogen) atoms. The van der Waals surface area contributed by atoms with Gasteiger partial charge in [0.15, 0.2) is 0 Å². The molecule has 0 bridgehead atoms. The van der Waals surface area contributed by atoms with Crippen molar-refractivity contribution in [2.24, 2.45) is 0 Å². The van der Waals surface area contributed by atoms with Gasteiger partial charge >= 0.3 is 5.97 Å². The van der Waals surface area contributed by atoms with E-state index >= 15 is 0 Å². The Balaban J connectivity index is 2.03. The minimum atomic E-state index is -1.05. The lowest BCUT2D eigenvalue weighted by Gasteiger charge is -2.10. The molecule has 0 saturated heterocycles. The van der Waals surface area contributed by atoms with Crippen LogP contribution in [0.25, 0.3) is 11.3 Å². The Bertz CT molecular complexity index is 690. The van der Waals surface area contributed by atoms with Gasteiger partial charge in [0.2, 0.25) is 5.91 Å². The number of aromatic carboxylic acids is 1. The molecule has 0 unspecified atom stereocenters. The summed E-state index contributed by atoms with van der Waals surface area (Å²) in [6.07, 6.45) is 0.410. The highest BCUT2D eigenvalue weighted by Gasteiger charge is 2.24. The molecular weight excluding hydrogens is 246 g/mol. The largest absolute Gasteiger partial charge is 0.477 e. The van der Waals surface area contributed by atoms with E-state index < -0.39 is 5.97 Å². The van der Waals surface area contributed by atoms with Crippen molar-refractivity contribution in [1.29, 1.82) is 0 Å². The van der Waals surface area contributed by atoms with E-state index in [4.69, 9.17) is 5.11 Å². The van der Waals surface area contributed by atoms with Gasteiger partial charge in [0.25, 0.3) is 0 Å². The first-order chi connectivity index (χ1) is 9.06. The average Bonchev–Trinajstić information content (AvgIpc) is 2.96. The van der Waals surface area contributed by atoms with Gasteiger partial charge in [0.1, 0.15) is 5.69 Å².